The van der Waals surface area contributed by atoms with Crippen LogP contribution in [0.3, 0.4) is 0 Å². The van der Waals surface area contributed by atoms with Gasteiger partial charge >= 0.3 is 23.9 Å². The highest BCUT2D eigenvalue weighted by atomic mass is 16.6. The predicted molar refractivity (Wildman–Crippen MR) is 184 cm³/mol. The lowest BCUT2D eigenvalue weighted by atomic mass is 9.35. The summed E-state index contributed by atoms with van der Waals surface area (Å²) >= 11 is 0. The quantitative estimate of drug-likeness (QED) is 0.200. The molecule has 4 unspecified atom stereocenters. The molecule has 1 heterocycles. The van der Waals surface area contributed by atoms with Crippen molar-refractivity contribution in [2.24, 2.45) is 34.0 Å². The van der Waals surface area contributed by atoms with Gasteiger partial charge in [0.2, 0.25) is 0 Å². The molecule has 0 radical (unpaired) electrons. The minimum Gasteiger partial charge on any atom is -0.462 e. The number of hydrogen-bond acceptors (Lipinski definition) is 10. The Morgan fingerprint density at radius 1 is 0.940 bits per heavy atom. The molecule has 1 aromatic rings. The van der Waals surface area contributed by atoms with Crippen LogP contribution in [0.5, 0.6) is 0 Å². The van der Waals surface area contributed by atoms with Gasteiger partial charge in [0.05, 0.1) is 24.2 Å². The third-order valence-electron chi connectivity index (χ3n) is 12.7. The molecule has 0 aromatic heterocycles. The van der Waals surface area contributed by atoms with Crippen LogP contribution in [0.2, 0.25) is 0 Å². The summed E-state index contributed by atoms with van der Waals surface area (Å²) in [4.78, 5) is 51.6. The molecule has 5 rings (SSSR count). The van der Waals surface area contributed by atoms with E-state index in [1.54, 1.807) is 6.92 Å². The molecule has 4 aliphatic rings. The smallest absolute Gasteiger partial charge is 0.303 e. The molecule has 2 fully saturated rings. The zero-order valence-electron chi connectivity index (χ0n) is 30.9. The summed E-state index contributed by atoms with van der Waals surface area (Å²) in [5, 5.41) is 13.1. The Morgan fingerprint density at radius 2 is 1.58 bits per heavy atom. The second kappa shape index (κ2) is 13.9. The first-order valence-electron chi connectivity index (χ1n) is 17.8. The largest absolute Gasteiger partial charge is 0.462 e. The zero-order chi connectivity index (χ0) is 36.8. The lowest BCUT2D eigenvalue weighted by molar-refractivity contribution is -0.304. The van der Waals surface area contributed by atoms with E-state index in [0.29, 0.717) is 19.3 Å². The third kappa shape index (κ3) is 6.20. The number of fused-ring (bicyclic) bond motifs is 5. The fourth-order valence-corrected chi connectivity index (χ4v) is 10.9. The Morgan fingerprint density at radius 3 is 2.18 bits per heavy atom. The monoisotopic (exact) mass is 694 g/mol. The summed E-state index contributed by atoms with van der Waals surface area (Å²) in [5.74, 6) is -3.66. The van der Waals surface area contributed by atoms with Gasteiger partial charge in [0.25, 0.3) is 0 Å². The van der Waals surface area contributed by atoms with E-state index >= 15 is 0 Å². The van der Waals surface area contributed by atoms with Gasteiger partial charge in [0.15, 0.2) is 6.10 Å². The van der Waals surface area contributed by atoms with Crippen LogP contribution in [0.15, 0.2) is 54.1 Å². The van der Waals surface area contributed by atoms with Gasteiger partial charge in [-0.15, -0.1) is 0 Å². The van der Waals surface area contributed by atoms with Gasteiger partial charge in [0, 0.05) is 44.9 Å². The number of ether oxygens (including phenoxy) is 5. The van der Waals surface area contributed by atoms with Crippen molar-refractivity contribution >= 4 is 23.9 Å². The zero-order valence-corrected chi connectivity index (χ0v) is 30.9. The molecule has 10 nitrogen and oxygen atoms in total. The van der Waals surface area contributed by atoms with Gasteiger partial charge in [-0.2, -0.15) is 0 Å². The van der Waals surface area contributed by atoms with Crippen LogP contribution in [-0.4, -0.2) is 72.2 Å². The summed E-state index contributed by atoms with van der Waals surface area (Å²) in [7, 11) is 0. The number of carbonyl (C=O) groups excluding carboxylic acids is 4. The molecular weight excluding hydrogens is 640 g/mol. The second-order valence-electron chi connectivity index (χ2n) is 15.6. The Kier molecular flexibility index (Phi) is 10.5. The van der Waals surface area contributed by atoms with Crippen molar-refractivity contribution < 1.29 is 48.0 Å². The Balaban J connectivity index is 1.79. The van der Waals surface area contributed by atoms with E-state index in [2.05, 4.69) is 32.1 Å². The summed E-state index contributed by atoms with van der Waals surface area (Å²) < 4.78 is 30.9. The molecule has 274 valence electrons. The van der Waals surface area contributed by atoms with Gasteiger partial charge in [-0.3, -0.25) is 19.2 Å². The lowest BCUT2D eigenvalue weighted by Crippen LogP contribution is -2.76. The minimum absolute atomic E-state index is 0.0176. The maximum atomic E-state index is 13.2. The van der Waals surface area contributed by atoms with E-state index < -0.39 is 87.9 Å². The standard InChI is InChI=1S/C40H54O10/c1-23(30-14-11-10-12-15-30)21-40(45)24(2)20-33(48-27(5)42)38(9)32(40)17-18-37(8)31-16-13-19-46-22-39(31,25(3)47-26(4)41)36(50-29(7)44)34(35(37)38)49-28(6)43/h10-16,20,23,25,31-36,45H,17-19,21-22H2,1-9H3/t23-,25-,31?,32?,33-,34+,35?,36+,37+,38-,39-,40?/m1/s1. The van der Waals surface area contributed by atoms with E-state index in [1.165, 1.54) is 27.7 Å². The fourth-order valence-electron chi connectivity index (χ4n) is 10.9. The average molecular weight is 695 g/mol. The number of carbonyl (C=O) groups is 4. The Bertz CT molecular complexity index is 1540. The van der Waals surface area contributed by atoms with E-state index in [9.17, 15) is 24.3 Å². The number of esters is 4. The molecule has 2 saturated carbocycles. The fraction of sp³-hybridized carbons (Fsp3) is 0.650. The molecule has 0 bridgehead atoms. The molecule has 50 heavy (non-hydrogen) atoms. The number of hydrogen-bond donors (Lipinski definition) is 1. The highest BCUT2D eigenvalue weighted by Crippen LogP contribution is 2.72. The average Bonchev–Trinajstić information content (AvgIpc) is 3.26. The second-order valence-corrected chi connectivity index (χ2v) is 15.6. The van der Waals surface area contributed by atoms with Gasteiger partial charge in [-0.1, -0.05) is 63.3 Å². The first kappa shape index (κ1) is 37.7. The van der Waals surface area contributed by atoms with E-state index in [1.807, 2.05) is 44.2 Å². The van der Waals surface area contributed by atoms with Crippen LogP contribution in [-0.2, 0) is 42.9 Å². The van der Waals surface area contributed by atoms with Crippen LogP contribution in [0.4, 0.5) is 0 Å². The van der Waals surface area contributed by atoms with E-state index in [-0.39, 0.29) is 19.1 Å². The molecular formula is C40H54O10. The van der Waals surface area contributed by atoms with Crippen LogP contribution in [0.25, 0.3) is 0 Å². The van der Waals surface area contributed by atoms with Gasteiger partial charge in [-0.05, 0) is 67.6 Å². The van der Waals surface area contributed by atoms with E-state index in [4.69, 9.17) is 23.7 Å². The number of aliphatic hydroxyl groups is 1. The van der Waals surface area contributed by atoms with Crippen molar-refractivity contribution in [1.29, 1.82) is 0 Å². The summed E-state index contributed by atoms with van der Waals surface area (Å²) in [6.07, 6.45) is 3.58. The topological polar surface area (TPSA) is 135 Å². The van der Waals surface area contributed by atoms with Crippen molar-refractivity contribution in [1.82, 2.24) is 0 Å². The number of rotatable bonds is 8. The first-order chi connectivity index (χ1) is 23.4. The maximum absolute atomic E-state index is 13.2. The highest BCUT2D eigenvalue weighted by molar-refractivity contribution is 5.68. The molecule has 0 saturated heterocycles. The van der Waals surface area contributed by atoms with Crippen LogP contribution < -0.4 is 0 Å². The molecule has 12 atom stereocenters. The third-order valence-corrected chi connectivity index (χ3v) is 12.7. The van der Waals surface area contributed by atoms with Crippen LogP contribution in [0.1, 0.15) is 93.1 Å². The maximum Gasteiger partial charge on any atom is 0.303 e. The van der Waals surface area contributed by atoms with Crippen molar-refractivity contribution in [2.45, 2.75) is 118 Å². The molecule has 1 aliphatic heterocycles. The Hall–Kier alpha value is -3.50. The molecule has 0 spiro atoms. The van der Waals surface area contributed by atoms with Crippen molar-refractivity contribution in [3.8, 4) is 0 Å². The highest BCUT2D eigenvalue weighted by Gasteiger charge is 2.76. The molecule has 10 heteroatoms. The summed E-state index contributed by atoms with van der Waals surface area (Å²) in [5.41, 5.74) is -2.41. The van der Waals surface area contributed by atoms with Crippen molar-refractivity contribution in [3.05, 3.63) is 59.7 Å². The van der Waals surface area contributed by atoms with Crippen LogP contribution >= 0.6 is 0 Å². The minimum atomic E-state index is -1.32. The van der Waals surface area contributed by atoms with Gasteiger partial charge in [-0.25, -0.2) is 0 Å². The molecule has 1 N–H and O–H groups in total. The Labute approximate surface area is 295 Å². The van der Waals surface area contributed by atoms with Crippen LogP contribution in [0, 0.1) is 34.0 Å². The molecule has 3 aliphatic carbocycles. The summed E-state index contributed by atoms with van der Waals surface area (Å²) in [6.45, 7) is 15.6. The first-order valence-corrected chi connectivity index (χ1v) is 17.8. The predicted octanol–water partition coefficient (Wildman–Crippen LogP) is 5.86. The van der Waals surface area contributed by atoms with Gasteiger partial charge < -0.3 is 28.8 Å². The number of benzene rings is 1. The number of allylic oxidation sites excluding steroid dienone is 1. The summed E-state index contributed by atoms with van der Waals surface area (Å²) in [6, 6.07) is 10.0. The SMILES string of the molecule is CC(=O)O[C@H]1C2[C@@](C)(CCC3C(O)(C[C@@H](C)c4ccccc4)C(C)=C[C@@H](OC(C)=O)[C@@]32C)C2C=CCOC[C@]2([C@@H](C)OC(C)=O)[C@H]1OC(C)=O. The van der Waals surface area contributed by atoms with Crippen molar-refractivity contribution in [2.75, 3.05) is 13.2 Å². The molecule has 0 amide bonds. The van der Waals surface area contributed by atoms with E-state index in [0.717, 1.165) is 11.1 Å². The molecule has 1 aromatic carbocycles. The normalized spacial score (nSPS) is 38.8. The lowest BCUT2D eigenvalue weighted by Gasteiger charge is -2.71. The van der Waals surface area contributed by atoms with Gasteiger partial charge in [0.1, 0.15) is 18.3 Å². The van der Waals surface area contributed by atoms with Crippen molar-refractivity contribution in [3.63, 3.8) is 0 Å².